The molecule has 0 aromatic heterocycles. The molecule has 0 spiro atoms. The number of rotatable bonds is 6. The van der Waals surface area contributed by atoms with Gasteiger partial charge < -0.3 is 16.8 Å². The zero-order chi connectivity index (χ0) is 20.1. The van der Waals surface area contributed by atoms with Crippen molar-refractivity contribution in [2.75, 3.05) is 0 Å². The molecule has 0 unspecified atom stereocenters. The Balaban J connectivity index is 1.78. The van der Waals surface area contributed by atoms with E-state index in [1.54, 1.807) is 30.3 Å². The van der Waals surface area contributed by atoms with Crippen LogP contribution in [-0.2, 0) is 6.54 Å². The van der Waals surface area contributed by atoms with Gasteiger partial charge in [-0.3, -0.25) is 15.6 Å². The quantitative estimate of drug-likeness (QED) is 0.337. The summed E-state index contributed by atoms with van der Waals surface area (Å²) in [5.74, 6) is -0.224. The second-order valence-corrected chi connectivity index (χ2v) is 6.33. The van der Waals surface area contributed by atoms with E-state index in [-0.39, 0.29) is 17.6 Å². The highest BCUT2D eigenvalue weighted by Gasteiger charge is 2.10. The van der Waals surface area contributed by atoms with Crippen LogP contribution in [0.5, 0.6) is 0 Å². The van der Waals surface area contributed by atoms with Crippen LogP contribution in [0.2, 0.25) is 0 Å². The molecule has 0 saturated heterocycles. The number of amidine groups is 2. The molecule has 3 rings (SSSR count). The monoisotopic (exact) mass is 371 g/mol. The van der Waals surface area contributed by atoms with Gasteiger partial charge in [0, 0.05) is 23.2 Å². The molecule has 0 aliphatic heterocycles. The third-order valence-electron chi connectivity index (χ3n) is 4.40. The normalized spacial score (nSPS) is 10.3. The van der Waals surface area contributed by atoms with E-state index in [0.29, 0.717) is 23.2 Å². The summed E-state index contributed by atoms with van der Waals surface area (Å²) in [5.41, 5.74) is 15.6. The Bertz CT molecular complexity index is 1040. The van der Waals surface area contributed by atoms with Gasteiger partial charge in [-0.1, -0.05) is 54.6 Å². The smallest absolute Gasteiger partial charge is 0.251 e. The summed E-state index contributed by atoms with van der Waals surface area (Å²) in [7, 11) is 0. The third kappa shape index (κ3) is 4.24. The van der Waals surface area contributed by atoms with Crippen LogP contribution in [0.25, 0.3) is 11.1 Å². The molecule has 7 N–H and O–H groups in total. The van der Waals surface area contributed by atoms with Gasteiger partial charge in [0.05, 0.1) is 0 Å². The first-order chi connectivity index (χ1) is 13.5. The first kappa shape index (κ1) is 18.8. The number of amides is 1. The number of nitrogens with two attached hydrogens (primary N) is 2. The first-order valence-corrected chi connectivity index (χ1v) is 8.71. The molecule has 140 valence electrons. The maximum Gasteiger partial charge on any atom is 0.251 e. The fraction of sp³-hybridized carbons (Fsp3) is 0.0455. The molecule has 6 heteroatoms. The topological polar surface area (TPSA) is 129 Å². The van der Waals surface area contributed by atoms with Crippen molar-refractivity contribution < 1.29 is 4.79 Å². The molecule has 0 bridgehead atoms. The second-order valence-electron chi connectivity index (χ2n) is 6.33. The second kappa shape index (κ2) is 8.18. The Morgan fingerprint density at radius 3 is 2.11 bits per heavy atom. The molecule has 28 heavy (non-hydrogen) atoms. The van der Waals surface area contributed by atoms with E-state index in [0.717, 1.165) is 16.7 Å². The Hall–Kier alpha value is -3.93. The summed E-state index contributed by atoms with van der Waals surface area (Å²) in [6, 6.07) is 21.8. The van der Waals surface area contributed by atoms with Gasteiger partial charge in [0.25, 0.3) is 5.91 Å². The number of nitrogen functional groups attached to an aromatic ring is 2. The summed E-state index contributed by atoms with van der Waals surface area (Å²) in [5, 5.41) is 18.0. The van der Waals surface area contributed by atoms with E-state index in [1.807, 2.05) is 42.5 Å². The van der Waals surface area contributed by atoms with Crippen LogP contribution in [-0.4, -0.2) is 17.6 Å². The first-order valence-electron chi connectivity index (χ1n) is 8.71. The zero-order valence-electron chi connectivity index (χ0n) is 15.2. The molecule has 0 radical (unpaired) electrons. The van der Waals surface area contributed by atoms with Crippen LogP contribution in [0.1, 0.15) is 27.0 Å². The molecule has 0 aliphatic rings. The minimum absolute atomic E-state index is 0.0154. The maximum atomic E-state index is 12.4. The number of hydrogen-bond acceptors (Lipinski definition) is 3. The van der Waals surface area contributed by atoms with E-state index in [4.69, 9.17) is 22.3 Å². The molecule has 0 aliphatic carbocycles. The maximum absolute atomic E-state index is 12.4. The Morgan fingerprint density at radius 1 is 0.786 bits per heavy atom. The van der Waals surface area contributed by atoms with Crippen molar-refractivity contribution in [3.63, 3.8) is 0 Å². The lowest BCUT2D eigenvalue weighted by molar-refractivity contribution is 0.0951. The average Bonchev–Trinajstić information content (AvgIpc) is 2.72. The van der Waals surface area contributed by atoms with Gasteiger partial charge in [-0.15, -0.1) is 0 Å². The predicted octanol–water partition coefficient (Wildman–Crippen LogP) is 2.85. The van der Waals surface area contributed by atoms with Crippen molar-refractivity contribution >= 4 is 17.6 Å². The summed E-state index contributed by atoms with van der Waals surface area (Å²) >= 11 is 0. The lowest BCUT2D eigenvalue weighted by Crippen LogP contribution is -2.23. The number of carbonyl (C=O) groups is 1. The lowest BCUT2D eigenvalue weighted by atomic mass is 9.97. The largest absolute Gasteiger partial charge is 0.384 e. The van der Waals surface area contributed by atoms with Crippen LogP contribution >= 0.6 is 0 Å². The molecule has 1 amide bonds. The highest BCUT2D eigenvalue weighted by Crippen LogP contribution is 2.24. The molecular formula is C22H21N5O. The molecule has 3 aromatic rings. The van der Waals surface area contributed by atoms with Gasteiger partial charge in [-0.05, 0) is 34.9 Å². The van der Waals surface area contributed by atoms with Crippen LogP contribution in [0.15, 0.2) is 72.8 Å². The van der Waals surface area contributed by atoms with Gasteiger partial charge in [0.2, 0.25) is 0 Å². The Labute approximate surface area is 163 Å². The molecule has 3 aromatic carbocycles. The van der Waals surface area contributed by atoms with Gasteiger partial charge in [0.15, 0.2) is 0 Å². The van der Waals surface area contributed by atoms with Gasteiger partial charge >= 0.3 is 0 Å². The van der Waals surface area contributed by atoms with E-state index < -0.39 is 0 Å². The number of nitrogens with one attached hydrogen (secondary N) is 3. The van der Waals surface area contributed by atoms with Crippen LogP contribution in [0, 0.1) is 10.8 Å². The number of hydrogen-bond donors (Lipinski definition) is 5. The molecule has 0 heterocycles. The highest BCUT2D eigenvalue weighted by molar-refractivity contribution is 5.98. The fourth-order valence-electron chi connectivity index (χ4n) is 2.89. The van der Waals surface area contributed by atoms with Crippen molar-refractivity contribution in [3.8, 4) is 11.1 Å². The van der Waals surface area contributed by atoms with E-state index in [9.17, 15) is 4.79 Å². The van der Waals surface area contributed by atoms with Crippen molar-refractivity contribution in [2.45, 2.75) is 6.54 Å². The summed E-state index contributed by atoms with van der Waals surface area (Å²) in [6.45, 7) is 0.355. The van der Waals surface area contributed by atoms with Crippen LogP contribution in [0.4, 0.5) is 0 Å². The van der Waals surface area contributed by atoms with E-state index in [1.165, 1.54) is 0 Å². The molecule has 6 nitrogen and oxygen atoms in total. The standard InChI is InChI=1S/C22H21N5O/c23-20(24)14-8-10-15(11-9-14)22(28)27-13-18-4-1-2-7-19(18)16-5-3-6-17(12-16)21(25)26/h1-12H,13H2,(H3,23,24)(H3,25,26)(H,27,28). The minimum Gasteiger partial charge on any atom is -0.384 e. The summed E-state index contributed by atoms with van der Waals surface area (Å²) in [4.78, 5) is 12.4. The average molecular weight is 371 g/mol. The van der Waals surface area contributed by atoms with Crippen LogP contribution < -0.4 is 16.8 Å². The van der Waals surface area contributed by atoms with E-state index in [2.05, 4.69) is 5.32 Å². The Morgan fingerprint density at radius 2 is 1.43 bits per heavy atom. The van der Waals surface area contributed by atoms with Crippen molar-refractivity contribution in [1.29, 1.82) is 10.8 Å². The Kier molecular flexibility index (Phi) is 5.50. The van der Waals surface area contributed by atoms with E-state index >= 15 is 0 Å². The van der Waals surface area contributed by atoms with Gasteiger partial charge in [-0.25, -0.2) is 0 Å². The molecular weight excluding hydrogens is 350 g/mol. The predicted molar refractivity (Wildman–Crippen MR) is 112 cm³/mol. The third-order valence-corrected chi connectivity index (χ3v) is 4.40. The van der Waals surface area contributed by atoms with Gasteiger partial charge in [-0.2, -0.15) is 0 Å². The van der Waals surface area contributed by atoms with Crippen LogP contribution in [0.3, 0.4) is 0 Å². The number of benzene rings is 3. The van der Waals surface area contributed by atoms with Crippen molar-refractivity contribution in [1.82, 2.24) is 5.32 Å². The molecule has 0 saturated carbocycles. The lowest BCUT2D eigenvalue weighted by Gasteiger charge is -2.12. The number of carbonyl (C=O) groups excluding carboxylic acids is 1. The summed E-state index contributed by atoms with van der Waals surface area (Å²) < 4.78 is 0. The zero-order valence-corrected chi connectivity index (χ0v) is 15.2. The summed E-state index contributed by atoms with van der Waals surface area (Å²) in [6.07, 6.45) is 0. The van der Waals surface area contributed by atoms with Gasteiger partial charge in [0.1, 0.15) is 11.7 Å². The van der Waals surface area contributed by atoms with Crippen molar-refractivity contribution in [2.24, 2.45) is 11.5 Å². The van der Waals surface area contributed by atoms with Crippen molar-refractivity contribution in [3.05, 3.63) is 95.1 Å². The minimum atomic E-state index is -0.206. The SMILES string of the molecule is N=C(N)c1ccc(C(=O)NCc2ccccc2-c2cccc(C(=N)N)c2)cc1. The molecule has 0 atom stereocenters. The fourth-order valence-corrected chi connectivity index (χ4v) is 2.89. The highest BCUT2D eigenvalue weighted by atomic mass is 16.1. The molecule has 0 fully saturated rings.